The highest BCUT2D eigenvalue weighted by Gasteiger charge is 2.13. The fourth-order valence-corrected chi connectivity index (χ4v) is 2.97. The van der Waals surface area contributed by atoms with E-state index in [2.05, 4.69) is 10.6 Å². The Balaban J connectivity index is 2.64. The van der Waals surface area contributed by atoms with Gasteiger partial charge in [0.25, 0.3) is 5.91 Å². The molecule has 6 heteroatoms. The number of nitrogens with one attached hydrogen (secondary N) is 2. The van der Waals surface area contributed by atoms with Gasteiger partial charge in [-0.25, -0.2) is 8.42 Å². The van der Waals surface area contributed by atoms with Crippen LogP contribution in [0.25, 0.3) is 0 Å². The molecule has 1 aromatic carbocycles. The molecule has 0 aromatic heterocycles. The van der Waals surface area contributed by atoms with E-state index in [0.29, 0.717) is 5.56 Å². The molecule has 1 unspecified atom stereocenters. The van der Waals surface area contributed by atoms with Crippen LogP contribution in [0.4, 0.5) is 5.69 Å². The monoisotopic (exact) mass is 312 g/mol. The second kappa shape index (κ2) is 7.45. The second-order valence-corrected chi connectivity index (χ2v) is 7.85. The number of amides is 1. The van der Waals surface area contributed by atoms with Crippen molar-refractivity contribution in [3.63, 3.8) is 0 Å². The number of hydrogen-bond acceptors (Lipinski definition) is 4. The van der Waals surface area contributed by atoms with E-state index in [-0.39, 0.29) is 29.5 Å². The number of carbonyl (C=O) groups is 1. The van der Waals surface area contributed by atoms with E-state index in [1.54, 1.807) is 31.2 Å². The van der Waals surface area contributed by atoms with E-state index in [9.17, 15) is 13.2 Å². The zero-order valence-electron chi connectivity index (χ0n) is 13.0. The van der Waals surface area contributed by atoms with Crippen molar-refractivity contribution in [1.82, 2.24) is 5.32 Å². The van der Waals surface area contributed by atoms with E-state index >= 15 is 0 Å². The number of rotatable bonds is 7. The Kier molecular flexibility index (Phi) is 6.20. The summed E-state index contributed by atoms with van der Waals surface area (Å²) in [5.41, 5.74) is 1.39. The van der Waals surface area contributed by atoms with Crippen LogP contribution < -0.4 is 10.6 Å². The van der Waals surface area contributed by atoms with Gasteiger partial charge in [0.05, 0.1) is 5.75 Å². The van der Waals surface area contributed by atoms with Crippen LogP contribution in [-0.2, 0) is 9.84 Å². The van der Waals surface area contributed by atoms with Crippen molar-refractivity contribution in [2.24, 2.45) is 0 Å². The minimum atomic E-state index is -3.00. The maximum atomic E-state index is 11.8. The third-order valence-corrected chi connectivity index (χ3v) is 4.81. The van der Waals surface area contributed by atoms with Crippen molar-refractivity contribution < 1.29 is 13.2 Å². The quantitative estimate of drug-likeness (QED) is 0.808. The zero-order valence-corrected chi connectivity index (χ0v) is 13.8. The summed E-state index contributed by atoms with van der Waals surface area (Å²) in [7, 11) is -3.00. The molecule has 0 fully saturated rings. The molecule has 0 radical (unpaired) electrons. The highest BCUT2D eigenvalue weighted by molar-refractivity contribution is 7.91. The molecule has 2 N–H and O–H groups in total. The second-order valence-electron chi connectivity index (χ2n) is 5.45. The first-order chi connectivity index (χ1) is 9.73. The van der Waals surface area contributed by atoms with Crippen molar-refractivity contribution in [3.05, 3.63) is 29.8 Å². The predicted octanol–water partition coefficient (Wildman–Crippen LogP) is 2.06. The molecule has 0 heterocycles. The summed E-state index contributed by atoms with van der Waals surface area (Å²) in [5.74, 6) is 0.130. The summed E-state index contributed by atoms with van der Waals surface area (Å²) in [6.45, 7) is 7.28. The lowest BCUT2D eigenvalue weighted by Crippen LogP contribution is -2.30. The average Bonchev–Trinajstić information content (AvgIpc) is 2.38. The van der Waals surface area contributed by atoms with Gasteiger partial charge < -0.3 is 10.6 Å². The Morgan fingerprint density at radius 3 is 2.19 bits per heavy atom. The van der Waals surface area contributed by atoms with E-state index in [0.717, 1.165) is 5.69 Å². The number of anilines is 1. The third kappa shape index (κ3) is 6.16. The minimum absolute atomic E-state index is 0.0922. The number of carbonyl (C=O) groups excluding carboxylic acids is 1. The molecule has 0 spiro atoms. The lowest BCUT2D eigenvalue weighted by Gasteiger charge is -2.15. The van der Waals surface area contributed by atoms with Crippen LogP contribution in [0.2, 0.25) is 0 Å². The van der Waals surface area contributed by atoms with Crippen molar-refractivity contribution in [2.45, 2.75) is 39.8 Å². The SMILES string of the molecule is CCS(=O)(=O)CC(C)Nc1ccc(C(=O)NC(C)C)cc1. The lowest BCUT2D eigenvalue weighted by molar-refractivity contribution is 0.0943. The maximum Gasteiger partial charge on any atom is 0.251 e. The molecule has 21 heavy (non-hydrogen) atoms. The van der Waals surface area contributed by atoms with Gasteiger partial charge in [0, 0.05) is 29.1 Å². The summed E-state index contributed by atoms with van der Waals surface area (Å²) in [6.07, 6.45) is 0. The molecule has 1 aromatic rings. The van der Waals surface area contributed by atoms with Gasteiger partial charge in [-0.1, -0.05) is 6.92 Å². The molecular formula is C15H24N2O3S. The molecule has 1 atom stereocenters. The van der Waals surface area contributed by atoms with Gasteiger partial charge in [0.2, 0.25) is 0 Å². The molecule has 0 bridgehead atoms. The molecule has 0 saturated heterocycles. The molecule has 0 saturated carbocycles. The Morgan fingerprint density at radius 1 is 1.14 bits per heavy atom. The first-order valence-corrected chi connectivity index (χ1v) is 8.93. The van der Waals surface area contributed by atoms with Crippen molar-refractivity contribution >= 4 is 21.4 Å². The third-order valence-electron chi connectivity index (χ3n) is 2.92. The molecular weight excluding hydrogens is 288 g/mol. The van der Waals surface area contributed by atoms with Crippen LogP contribution >= 0.6 is 0 Å². The first kappa shape index (κ1) is 17.5. The Morgan fingerprint density at radius 2 is 1.71 bits per heavy atom. The van der Waals surface area contributed by atoms with Gasteiger partial charge in [0.1, 0.15) is 0 Å². The van der Waals surface area contributed by atoms with Gasteiger partial charge >= 0.3 is 0 Å². The van der Waals surface area contributed by atoms with Crippen molar-refractivity contribution in [3.8, 4) is 0 Å². The smallest absolute Gasteiger partial charge is 0.251 e. The summed E-state index contributed by atoms with van der Waals surface area (Å²) in [6, 6.07) is 6.93. The molecule has 0 aliphatic rings. The van der Waals surface area contributed by atoms with Gasteiger partial charge in [-0.15, -0.1) is 0 Å². The standard InChI is InChI=1S/C15H24N2O3S/c1-5-21(19,20)10-12(4)17-14-8-6-13(7-9-14)15(18)16-11(2)3/h6-9,11-12,17H,5,10H2,1-4H3,(H,16,18). The predicted molar refractivity (Wildman–Crippen MR) is 86.5 cm³/mol. The van der Waals surface area contributed by atoms with Gasteiger partial charge in [-0.2, -0.15) is 0 Å². The molecule has 5 nitrogen and oxygen atoms in total. The van der Waals surface area contributed by atoms with Gasteiger partial charge in [-0.3, -0.25) is 4.79 Å². The number of sulfone groups is 1. The Labute approximate surface area is 127 Å². The van der Waals surface area contributed by atoms with E-state index in [1.165, 1.54) is 0 Å². The summed E-state index contributed by atoms with van der Waals surface area (Å²) in [4.78, 5) is 11.8. The summed E-state index contributed by atoms with van der Waals surface area (Å²) in [5, 5.41) is 5.95. The van der Waals surface area contributed by atoms with Crippen LogP contribution in [0.3, 0.4) is 0 Å². The van der Waals surface area contributed by atoms with Crippen molar-refractivity contribution in [1.29, 1.82) is 0 Å². The average molecular weight is 312 g/mol. The zero-order chi connectivity index (χ0) is 16.0. The fraction of sp³-hybridized carbons (Fsp3) is 0.533. The van der Waals surface area contributed by atoms with Crippen LogP contribution in [0, 0.1) is 0 Å². The fourth-order valence-electron chi connectivity index (χ4n) is 1.89. The van der Waals surface area contributed by atoms with Crippen LogP contribution in [-0.4, -0.2) is 37.9 Å². The van der Waals surface area contributed by atoms with Crippen LogP contribution in [0.15, 0.2) is 24.3 Å². The molecule has 118 valence electrons. The lowest BCUT2D eigenvalue weighted by atomic mass is 10.1. The van der Waals surface area contributed by atoms with E-state index in [4.69, 9.17) is 0 Å². The number of hydrogen-bond donors (Lipinski definition) is 2. The van der Waals surface area contributed by atoms with Crippen LogP contribution in [0.1, 0.15) is 38.1 Å². The topological polar surface area (TPSA) is 75.3 Å². The maximum absolute atomic E-state index is 11.8. The normalized spacial score (nSPS) is 13.0. The van der Waals surface area contributed by atoms with Crippen LogP contribution in [0.5, 0.6) is 0 Å². The highest BCUT2D eigenvalue weighted by Crippen LogP contribution is 2.12. The van der Waals surface area contributed by atoms with Crippen molar-refractivity contribution in [2.75, 3.05) is 16.8 Å². The molecule has 1 amide bonds. The largest absolute Gasteiger partial charge is 0.382 e. The number of benzene rings is 1. The summed E-state index contributed by atoms with van der Waals surface area (Å²) >= 11 is 0. The molecule has 0 aliphatic carbocycles. The van der Waals surface area contributed by atoms with Gasteiger partial charge in [-0.05, 0) is 45.0 Å². The Hall–Kier alpha value is -1.56. The highest BCUT2D eigenvalue weighted by atomic mass is 32.2. The van der Waals surface area contributed by atoms with E-state index < -0.39 is 9.84 Å². The van der Waals surface area contributed by atoms with Gasteiger partial charge in [0.15, 0.2) is 9.84 Å². The van der Waals surface area contributed by atoms with E-state index in [1.807, 2.05) is 20.8 Å². The Bertz CT molecular complexity index is 565. The first-order valence-electron chi connectivity index (χ1n) is 7.11. The minimum Gasteiger partial charge on any atom is -0.382 e. The molecule has 1 rings (SSSR count). The molecule has 0 aliphatic heterocycles. The summed E-state index contributed by atoms with van der Waals surface area (Å²) < 4.78 is 23.1.